The number of hydrogen-bond donors (Lipinski definition) is 1. The van der Waals surface area contributed by atoms with Gasteiger partial charge >= 0.3 is 0 Å². The van der Waals surface area contributed by atoms with Gasteiger partial charge < -0.3 is 10.5 Å². The molecule has 3 rings (SSSR count). The molecule has 1 aliphatic rings. The minimum Gasteiger partial charge on any atom is -0.478 e. The first-order valence-corrected chi connectivity index (χ1v) is 7.14. The van der Waals surface area contributed by atoms with Crippen molar-refractivity contribution in [3.63, 3.8) is 0 Å². The minimum atomic E-state index is -0.749. The Morgan fingerprint density at radius 3 is 2.87 bits per heavy atom. The average Bonchev–Trinajstić information content (AvgIpc) is 2.52. The van der Waals surface area contributed by atoms with Crippen LogP contribution < -0.4 is 15.4 Å². The summed E-state index contributed by atoms with van der Waals surface area (Å²) in [6.07, 6.45) is 4.89. The molecule has 116 valence electrons. The molecule has 2 N–H and O–H groups in total. The molecule has 0 saturated heterocycles. The third-order valence-corrected chi connectivity index (χ3v) is 3.64. The van der Waals surface area contributed by atoms with Gasteiger partial charge in [-0.3, -0.25) is 9.69 Å². The summed E-state index contributed by atoms with van der Waals surface area (Å²) in [5.74, 6) is 2.40. The van der Waals surface area contributed by atoms with E-state index in [0.29, 0.717) is 22.7 Å². The number of carbonyl (C=O) groups is 1. The average molecular weight is 310 g/mol. The van der Waals surface area contributed by atoms with E-state index < -0.39 is 6.10 Å². The fourth-order valence-electron chi connectivity index (χ4n) is 2.60. The summed E-state index contributed by atoms with van der Waals surface area (Å²) < 4.78 is 19.1. The Morgan fingerprint density at radius 2 is 2.13 bits per heavy atom. The number of hydrogen-bond acceptors (Lipinski definition) is 3. The number of rotatable bonds is 3. The van der Waals surface area contributed by atoms with Crippen LogP contribution in [-0.4, -0.2) is 18.6 Å². The molecule has 23 heavy (non-hydrogen) atoms. The number of amides is 1. The van der Waals surface area contributed by atoms with Crippen molar-refractivity contribution in [2.45, 2.75) is 12.5 Å². The van der Waals surface area contributed by atoms with E-state index in [1.54, 1.807) is 30.3 Å². The highest BCUT2D eigenvalue weighted by Gasteiger charge is 2.34. The van der Waals surface area contributed by atoms with Crippen LogP contribution in [0.1, 0.15) is 5.56 Å². The van der Waals surface area contributed by atoms with Crippen LogP contribution in [0.2, 0.25) is 0 Å². The standard InChI is InChI=1S/C18H15FN2O2/c1-2-8-21-15-11-14(20)6-7-16(15)23-17(18(21)22)10-12-4-3-5-13(19)9-12/h1,3-7,9,11,17H,8,10,20H2. The number of anilines is 2. The van der Waals surface area contributed by atoms with Gasteiger partial charge in [-0.15, -0.1) is 6.42 Å². The molecule has 0 radical (unpaired) electrons. The van der Waals surface area contributed by atoms with Crippen LogP contribution in [0.3, 0.4) is 0 Å². The van der Waals surface area contributed by atoms with E-state index in [2.05, 4.69) is 5.92 Å². The lowest BCUT2D eigenvalue weighted by molar-refractivity contribution is -0.126. The Bertz CT molecular complexity index is 798. The minimum absolute atomic E-state index is 0.123. The number of halogens is 1. The number of fused-ring (bicyclic) bond motifs is 1. The van der Waals surface area contributed by atoms with Crippen molar-refractivity contribution in [1.29, 1.82) is 0 Å². The molecule has 1 heterocycles. The summed E-state index contributed by atoms with van der Waals surface area (Å²) in [6, 6.07) is 11.2. The zero-order valence-electron chi connectivity index (χ0n) is 12.3. The molecule has 2 aromatic rings. The van der Waals surface area contributed by atoms with Gasteiger partial charge in [0.2, 0.25) is 0 Å². The first kappa shape index (κ1) is 14.9. The van der Waals surface area contributed by atoms with Crippen LogP contribution in [-0.2, 0) is 11.2 Å². The van der Waals surface area contributed by atoms with Crippen molar-refractivity contribution < 1.29 is 13.9 Å². The largest absolute Gasteiger partial charge is 0.478 e. The number of nitrogen functional groups attached to an aromatic ring is 1. The topological polar surface area (TPSA) is 55.6 Å². The molecule has 1 amide bonds. The molecular weight excluding hydrogens is 295 g/mol. The Labute approximate surface area is 133 Å². The second-order valence-corrected chi connectivity index (χ2v) is 5.30. The lowest BCUT2D eigenvalue weighted by Gasteiger charge is -2.33. The van der Waals surface area contributed by atoms with Gasteiger partial charge in [0.1, 0.15) is 11.6 Å². The molecule has 0 bridgehead atoms. The summed E-state index contributed by atoms with van der Waals surface area (Å²) in [5, 5.41) is 0. The third kappa shape index (κ3) is 2.97. The summed E-state index contributed by atoms with van der Waals surface area (Å²) in [4.78, 5) is 14.1. The summed E-state index contributed by atoms with van der Waals surface area (Å²) >= 11 is 0. The van der Waals surface area contributed by atoms with Gasteiger partial charge in [-0.1, -0.05) is 18.1 Å². The van der Waals surface area contributed by atoms with Gasteiger partial charge in [0.05, 0.1) is 12.2 Å². The molecule has 0 fully saturated rings. The second-order valence-electron chi connectivity index (χ2n) is 5.30. The quantitative estimate of drug-likeness (QED) is 0.699. The van der Waals surface area contributed by atoms with Crippen molar-refractivity contribution in [3.8, 4) is 18.1 Å². The highest BCUT2D eigenvalue weighted by atomic mass is 19.1. The van der Waals surface area contributed by atoms with E-state index in [9.17, 15) is 9.18 Å². The van der Waals surface area contributed by atoms with Gasteiger partial charge in [0.15, 0.2) is 6.10 Å². The number of carbonyl (C=O) groups excluding carboxylic acids is 1. The van der Waals surface area contributed by atoms with Crippen molar-refractivity contribution in [2.75, 3.05) is 17.2 Å². The molecule has 2 aromatic carbocycles. The SMILES string of the molecule is C#CCN1C(=O)C(Cc2cccc(F)c2)Oc2ccc(N)cc21. The monoisotopic (exact) mass is 310 g/mol. The van der Waals surface area contributed by atoms with Crippen molar-refractivity contribution >= 4 is 17.3 Å². The third-order valence-electron chi connectivity index (χ3n) is 3.64. The molecule has 1 unspecified atom stereocenters. The molecule has 0 saturated carbocycles. The number of terminal acetylenes is 1. The van der Waals surface area contributed by atoms with Gasteiger partial charge in [0, 0.05) is 12.1 Å². The van der Waals surface area contributed by atoms with Crippen LogP contribution in [0, 0.1) is 18.2 Å². The Kier molecular flexibility index (Phi) is 3.90. The number of nitrogens with two attached hydrogens (primary N) is 1. The number of nitrogens with zero attached hydrogens (tertiary/aromatic N) is 1. The van der Waals surface area contributed by atoms with E-state index in [1.807, 2.05) is 0 Å². The normalized spacial score (nSPS) is 16.4. The summed E-state index contributed by atoms with van der Waals surface area (Å²) in [6.45, 7) is 0.123. The molecule has 0 aliphatic carbocycles. The molecular formula is C18H15FN2O2. The lowest BCUT2D eigenvalue weighted by atomic mass is 10.0. The summed E-state index contributed by atoms with van der Waals surface area (Å²) in [5.41, 5.74) is 7.53. The Balaban J connectivity index is 1.93. The molecule has 0 spiro atoms. The van der Waals surface area contributed by atoms with Gasteiger partial charge in [-0.25, -0.2) is 4.39 Å². The smallest absolute Gasteiger partial charge is 0.269 e. The highest BCUT2D eigenvalue weighted by molar-refractivity contribution is 6.01. The zero-order chi connectivity index (χ0) is 16.4. The maximum atomic E-state index is 13.3. The Hall–Kier alpha value is -3.00. The fraction of sp³-hybridized carbons (Fsp3) is 0.167. The van der Waals surface area contributed by atoms with E-state index in [1.165, 1.54) is 17.0 Å². The van der Waals surface area contributed by atoms with E-state index in [-0.39, 0.29) is 24.7 Å². The molecule has 1 aliphatic heterocycles. The van der Waals surface area contributed by atoms with E-state index >= 15 is 0 Å². The Morgan fingerprint density at radius 1 is 1.30 bits per heavy atom. The first-order chi connectivity index (χ1) is 11.1. The maximum absolute atomic E-state index is 13.3. The van der Waals surface area contributed by atoms with Crippen LogP contribution in [0.4, 0.5) is 15.8 Å². The van der Waals surface area contributed by atoms with Crippen LogP contribution >= 0.6 is 0 Å². The molecule has 4 nitrogen and oxygen atoms in total. The number of benzene rings is 2. The molecule has 0 aromatic heterocycles. The van der Waals surface area contributed by atoms with Crippen LogP contribution in [0.25, 0.3) is 0 Å². The second kappa shape index (κ2) is 6.01. The van der Waals surface area contributed by atoms with E-state index in [0.717, 1.165) is 0 Å². The van der Waals surface area contributed by atoms with Gasteiger partial charge in [0.25, 0.3) is 5.91 Å². The van der Waals surface area contributed by atoms with Gasteiger partial charge in [-0.05, 0) is 35.9 Å². The fourth-order valence-corrected chi connectivity index (χ4v) is 2.60. The first-order valence-electron chi connectivity index (χ1n) is 7.14. The molecule has 5 heteroatoms. The predicted molar refractivity (Wildman–Crippen MR) is 86.6 cm³/mol. The summed E-state index contributed by atoms with van der Waals surface area (Å²) in [7, 11) is 0. The van der Waals surface area contributed by atoms with E-state index in [4.69, 9.17) is 16.9 Å². The van der Waals surface area contributed by atoms with Crippen LogP contribution in [0.15, 0.2) is 42.5 Å². The zero-order valence-corrected chi connectivity index (χ0v) is 12.3. The predicted octanol–water partition coefficient (Wildman–Crippen LogP) is 2.38. The molecule has 1 atom stereocenters. The van der Waals surface area contributed by atoms with Crippen molar-refractivity contribution in [2.24, 2.45) is 0 Å². The lowest BCUT2D eigenvalue weighted by Crippen LogP contribution is -2.47. The van der Waals surface area contributed by atoms with Crippen molar-refractivity contribution in [3.05, 3.63) is 53.8 Å². The maximum Gasteiger partial charge on any atom is 0.269 e. The van der Waals surface area contributed by atoms with Crippen LogP contribution in [0.5, 0.6) is 5.75 Å². The van der Waals surface area contributed by atoms with Crippen molar-refractivity contribution in [1.82, 2.24) is 0 Å². The highest BCUT2D eigenvalue weighted by Crippen LogP contribution is 2.36. The number of ether oxygens (including phenoxy) is 1. The van der Waals surface area contributed by atoms with Gasteiger partial charge in [-0.2, -0.15) is 0 Å².